The van der Waals surface area contributed by atoms with Gasteiger partial charge in [0.1, 0.15) is 0 Å². The van der Waals surface area contributed by atoms with Crippen molar-refractivity contribution < 1.29 is 14.3 Å². The monoisotopic (exact) mass is 465 g/mol. The molecule has 1 amide bonds. The number of fused-ring (bicyclic) bond motifs is 1. The van der Waals surface area contributed by atoms with E-state index in [-0.39, 0.29) is 11.8 Å². The number of nitrogens with zero attached hydrogens (tertiary/aromatic N) is 3. The quantitative estimate of drug-likeness (QED) is 0.581. The Kier molecular flexibility index (Phi) is 6.76. The number of anilines is 1. The molecule has 5 rings (SSSR count). The van der Waals surface area contributed by atoms with Crippen LogP contribution in [-0.2, 0) is 15.9 Å². The summed E-state index contributed by atoms with van der Waals surface area (Å²) in [5, 5.41) is 3.01. The smallest absolute Gasteiger partial charge is 0.254 e. The number of halogens is 1. The third kappa shape index (κ3) is 4.98. The second kappa shape index (κ2) is 10.1. The van der Waals surface area contributed by atoms with Crippen LogP contribution in [0.4, 0.5) is 5.69 Å². The molecule has 0 radical (unpaired) electrons. The molecule has 1 atom stereocenters. The summed E-state index contributed by atoms with van der Waals surface area (Å²) in [5.74, 6) is 0.250. The van der Waals surface area contributed by atoms with E-state index in [1.807, 2.05) is 35.5 Å². The van der Waals surface area contributed by atoms with Gasteiger partial charge in [0.15, 0.2) is 0 Å². The highest BCUT2D eigenvalue weighted by Gasteiger charge is 2.25. The number of pyridine rings is 1. The average Bonchev–Trinajstić information content (AvgIpc) is 3.10. The van der Waals surface area contributed by atoms with Crippen LogP contribution in [0.5, 0.6) is 0 Å². The number of rotatable bonds is 4. The van der Waals surface area contributed by atoms with E-state index in [1.165, 1.54) is 10.9 Å². The first kappa shape index (κ1) is 22.1. The first-order valence-electron chi connectivity index (χ1n) is 11.5. The predicted molar refractivity (Wildman–Crippen MR) is 130 cm³/mol. The van der Waals surface area contributed by atoms with Gasteiger partial charge in [-0.05, 0) is 41.6 Å². The predicted octanol–water partition coefficient (Wildman–Crippen LogP) is 4.06. The van der Waals surface area contributed by atoms with Crippen LogP contribution in [-0.4, -0.2) is 68.4 Å². The van der Waals surface area contributed by atoms with Crippen LogP contribution >= 0.6 is 11.6 Å². The molecule has 2 aliphatic heterocycles. The number of ether oxygens (including phenoxy) is 2. The van der Waals surface area contributed by atoms with Crippen molar-refractivity contribution in [2.45, 2.75) is 6.42 Å². The Hall–Kier alpha value is -2.67. The normalized spacial score (nSPS) is 19.5. The lowest BCUT2D eigenvalue weighted by atomic mass is 9.95. The van der Waals surface area contributed by atoms with Crippen molar-refractivity contribution in [2.75, 3.05) is 57.5 Å². The van der Waals surface area contributed by atoms with Gasteiger partial charge in [-0.3, -0.25) is 9.78 Å². The van der Waals surface area contributed by atoms with Gasteiger partial charge >= 0.3 is 0 Å². The van der Waals surface area contributed by atoms with Crippen molar-refractivity contribution in [1.29, 1.82) is 0 Å². The second-order valence-electron chi connectivity index (χ2n) is 8.68. The summed E-state index contributed by atoms with van der Waals surface area (Å²) in [6.45, 7) is 5.33. The molecule has 2 fully saturated rings. The average molecular weight is 466 g/mol. The Labute approximate surface area is 199 Å². The minimum atomic E-state index is 0.0267. The van der Waals surface area contributed by atoms with Gasteiger partial charge in [0.25, 0.3) is 5.91 Å². The highest BCUT2D eigenvalue weighted by atomic mass is 35.5. The van der Waals surface area contributed by atoms with Crippen molar-refractivity contribution in [2.24, 2.45) is 5.92 Å². The summed E-state index contributed by atoms with van der Waals surface area (Å²) in [4.78, 5) is 21.8. The fourth-order valence-corrected chi connectivity index (χ4v) is 4.98. The summed E-state index contributed by atoms with van der Waals surface area (Å²) in [6, 6.07) is 14.0. The number of amides is 1. The van der Waals surface area contributed by atoms with Gasteiger partial charge in [0.2, 0.25) is 0 Å². The molecule has 0 unspecified atom stereocenters. The van der Waals surface area contributed by atoms with Crippen molar-refractivity contribution >= 4 is 34.0 Å². The number of carbonyl (C=O) groups excluding carboxylic acids is 1. The molecule has 0 aliphatic carbocycles. The van der Waals surface area contributed by atoms with Gasteiger partial charge in [0, 0.05) is 55.4 Å². The van der Waals surface area contributed by atoms with E-state index in [0.717, 1.165) is 30.6 Å². The largest absolute Gasteiger partial charge is 0.379 e. The van der Waals surface area contributed by atoms with Crippen LogP contribution in [0, 0.1) is 5.92 Å². The molecule has 0 bridgehead atoms. The van der Waals surface area contributed by atoms with Crippen LogP contribution in [0.3, 0.4) is 0 Å². The molecule has 172 valence electrons. The minimum absolute atomic E-state index is 0.0267. The Bertz CT molecular complexity index is 1130. The molecule has 6 nitrogen and oxygen atoms in total. The van der Waals surface area contributed by atoms with E-state index in [1.54, 1.807) is 0 Å². The van der Waals surface area contributed by atoms with E-state index in [4.69, 9.17) is 21.1 Å². The zero-order chi connectivity index (χ0) is 22.6. The highest BCUT2D eigenvalue weighted by molar-refractivity contribution is 6.33. The highest BCUT2D eigenvalue weighted by Crippen LogP contribution is 2.29. The summed E-state index contributed by atoms with van der Waals surface area (Å²) < 4.78 is 11.4. The van der Waals surface area contributed by atoms with Crippen LogP contribution in [0.1, 0.15) is 15.9 Å². The topological polar surface area (TPSA) is 54.9 Å². The van der Waals surface area contributed by atoms with Crippen LogP contribution in [0.25, 0.3) is 10.8 Å². The molecule has 2 aromatic carbocycles. The van der Waals surface area contributed by atoms with Crippen molar-refractivity contribution in [3.63, 3.8) is 0 Å². The Morgan fingerprint density at radius 2 is 1.91 bits per heavy atom. The van der Waals surface area contributed by atoms with Gasteiger partial charge in [0.05, 0.1) is 37.1 Å². The number of aromatic nitrogens is 1. The first-order chi connectivity index (χ1) is 16.2. The molecule has 3 aromatic rings. The van der Waals surface area contributed by atoms with Gasteiger partial charge in [-0.1, -0.05) is 29.8 Å². The molecule has 2 saturated heterocycles. The van der Waals surface area contributed by atoms with Gasteiger partial charge in [-0.2, -0.15) is 0 Å². The molecular weight excluding hydrogens is 438 g/mol. The zero-order valence-electron chi connectivity index (χ0n) is 18.6. The van der Waals surface area contributed by atoms with Crippen molar-refractivity contribution in [1.82, 2.24) is 9.88 Å². The molecule has 3 heterocycles. The second-order valence-corrected chi connectivity index (χ2v) is 9.08. The first-order valence-corrected chi connectivity index (χ1v) is 11.9. The van der Waals surface area contributed by atoms with Gasteiger partial charge in [-0.25, -0.2) is 0 Å². The van der Waals surface area contributed by atoms with E-state index >= 15 is 0 Å². The van der Waals surface area contributed by atoms with Gasteiger partial charge < -0.3 is 19.3 Å². The van der Waals surface area contributed by atoms with E-state index in [0.29, 0.717) is 50.1 Å². The fourth-order valence-electron chi connectivity index (χ4n) is 4.74. The molecule has 2 aliphatic rings. The number of morpholine rings is 1. The summed E-state index contributed by atoms with van der Waals surface area (Å²) in [6.07, 6.45) is 4.58. The van der Waals surface area contributed by atoms with E-state index in [2.05, 4.69) is 34.1 Å². The molecule has 0 N–H and O–H groups in total. The third-order valence-electron chi connectivity index (χ3n) is 6.45. The number of benzene rings is 2. The van der Waals surface area contributed by atoms with Crippen LogP contribution in [0.15, 0.2) is 54.9 Å². The van der Waals surface area contributed by atoms with E-state index in [9.17, 15) is 4.79 Å². The lowest BCUT2D eigenvalue weighted by Crippen LogP contribution is -2.38. The van der Waals surface area contributed by atoms with Gasteiger partial charge in [-0.15, -0.1) is 0 Å². The fraction of sp³-hybridized carbons (Fsp3) is 0.385. The Balaban J connectivity index is 1.34. The SMILES string of the molecule is O=C(c1ccc(Cl)c(N2CCOCC2)c1)N1CCOC[C@@H](Cc2cccc3cnccc23)C1. The molecule has 7 heteroatoms. The third-order valence-corrected chi connectivity index (χ3v) is 6.77. The van der Waals surface area contributed by atoms with Crippen LogP contribution in [0.2, 0.25) is 5.02 Å². The molecule has 0 spiro atoms. The number of hydrogen-bond acceptors (Lipinski definition) is 5. The summed E-state index contributed by atoms with van der Waals surface area (Å²) >= 11 is 6.48. The maximum Gasteiger partial charge on any atom is 0.254 e. The van der Waals surface area contributed by atoms with Crippen LogP contribution < -0.4 is 4.90 Å². The maximum atomic E-state index is 13.5. The summed E-state index contributed by atoms with van der Waals surface area (Å²) in [5.41, 5.74) is 2.83. The number of hydrogen-bond donors (Lipinski definition) is 0. The lowest BCUT2D eigenvalue weighted by molar-refractivity contribution is 0.0737. The van der Waals surface area contributed by atoms with Crippen molar-refractivity contribution in [3.8, 4) is 0 Å². The Morgan fingerprint density at radius 3 is 2.79 bits per heavy atom. The Morgan fingerprint density at radius 1 is 1.06 bits per heavy atom. The lowest BCUT2D eigenvalue weighted by Gasteiger charge is -2.30. The standard InChI is InChI=1S/C26H28ClN3O3/c27-24-5-4-21(15-25(24)29-8-11-32-12-9-29)26(31)30-10-13-33-18-19(17-30)14-20-2-1-3-22-16-28-7-6-23(20)22/h1-7,15-16,19H,8-14,17-18H2/t19-/m0/s1. The zero-order valence-corrected chi connectivity index (χ0v) is 19.3. The molecular formula is C26H28ClN3O3. The molecule has 0 saturated carbocycles. The van der Waals surface area contributed by atoms with Crippen molar-refractivity contribution in [3.05, 3.63) is 71.0 Å². The molecule has 33 heavy (non-hydrogen) atoms. The van der Waals surface area contributed by atoms with E-state index < -0.39 is 0 Å². The molecule has 1 aromatic heterocycles. The summed E-state index contributed by atoms with van der Waals surface area (Å²) in [7, 11) is 0. The maximum absolute atomic E-state index is 13.5. The minimum Gasteiger partial charge on any atom is -0.379 e. The number of carbonyl (C=O) groups is 1.